The van der Waals surface area contributed by atoms with Crippen molar-refractivity contribution in [1.29, 1.82) is 0 Å². The maximum absolute atomic E-state index is 5.65. The summed E-state index contributed by atoms with van der Waals surface area (Å²) < 4.78 is 4.08. The van der Waals surface area contributed by atoms with E-state index in [2.05, 4.69) is 53.7 Å². The summed E-state index contributed by atoms with van der Waals surface area (Å²) in [6.07, 6.45) is 2.04. The second-order valence-corrected chi connectivity index (χ2v) is 10.8. The van der Waals surface area contributed by atoms with Gasteiger partial charge in [0, 0.05) is 43.8 Å². The van der Waals surface area contributed by atoms with Gasteiger partial charge in [-0.2, -0.15) is 10.2 Å². The standard InChI is InChI=1S/C29H36N4S2.CH3.Pt/c1-7-19(3)23-17-27(30-32(23)21-13-9-11-15-25(21)34)29(5,6)28-18-24(20(4)8-2)33(31-28)22-14-10-12-16-26(22)35;;/h9-20,34-35H,7-8H2,1-6H3;1H3;/q;-1;/p-2. The normalized spacial score (nSPS) is 12.9. The molecule has 0 aliphatic rings. The summed E-state index contributed by atoms with van der Waals surface area (Å²) in [5, 5.41) is 10.3. The minimum Gasteiger partial charge on any atom is -0.778 e. The van der Waals surface area contributed by atoms with E-state index < -0.39 is 5.41 Å². The molecule has 0 amide bonds. The Kier molecular flexibility index (Phi) is 10.7. The molecule has 2 heterocycles. The third-order valence-electron chi connectivity index (χ3n) is 7.18. The van der Waals surface area contributed by atoms with Crippen LogP contribution in [0.2, 0.25) is 0 Å². The molecule has 0 saturated carbocycles. The second-order valence-electron chi connectivity index (χ2n) is 9.91. The third-order valence-corrected chi connectivity index (χ3v) is 7.87. The maximum Gasteiger partial charge on any atom is 0.0748 e. The molecule has 4 aromatic rings. The van der Waals surface area contributed by atoms with Gasteiger partial charge in [0.15, 0.2) is 0 Å². The minimum absolute atomic E-state index is 0. The van der Waals surface area contributed by atoms with Gasteiger partial charge in [-0.1, -0.05) is 64.1 Å². The van der Waals surface area contributed by atoms with Gasteiger partial charge in [0.25, 0.3) is 0 Å². The van der Waals surface area contributed by atoms with Crippen LogP contribution >= 0.6 is 0 Å². The summed E-state index contributed by atoms with van der Waals surface area (Å²) in [4.78, 5) is 1.60. The van der Waals surface area contributed by atoms with E-state index in [4.69, 9.17) is 35.5 Å². The Labute approximate surface area is 248 Å². The smallest absolute Gasteiger partial charge is 0.0748 e. The first-order valence-electron chi connectivity index (χ1n) is 12.4. The van der Waals surface area contributed by atoms with Crippen LogP contribution in [0.4, 0.5) is 0 Å². The largest absolute Gasteiger partial charge is 0.778 e. The summed E-state index contributed by atoms with van der Waals surface area (Å²) in [5.74, 6) is 0.698. The summed E-state index contributed by atoms with van der Waals surface area (Å²) in [7, 11) is 0. The van der Waals surface area contributed by atoms with Crippen LogP contribution in [0.1, 0.15) is 89.0 Å². The summed E-state index contributed by atoms with van der Waals surface area (Å²) in [6, 6.07) is 20.5. The van der Waals surface area contributed by atoms with Gasteiger partial charge >= 0.3 is 0 Å². The first-order chi connectivity index (χ1) is 16.7. The topological polar surface area (TPSA) is 35.6 Å². The second kappa shape index (κ2) is 12.7. The summed E-state index contributed by atoms with van der Waals surface area (Å²) >= 11 is 11.3. The van der Waals surface area contributed by atoms with Crippen molar-refractivity contribution in [3.63, 3.8) is 0 Å². The zero-order valence-corrected chi connectivity index (χ0v) is 26.7. The molecule has 2 atom stereocenters. The molecule has 2 unspecified atom stereocenters. The van der Waals surface area contributed by atoms with Crippen molar-refractivity contribution in [3.8, 4) is 11.4 Å². The fourth-order valence-electron chi connectivity index (χ4n) is 4.30. The Morgan fingerprint density at radius 1 is 0.730 bits per heavy atom. The van der Waals surface area contributed by atoms with Crippen LogP contribution in [-0.2, 0) is 51.7 Å². The average molecular weight is 713 g/mol. The number of benzene rings is 2. The molecule has 0 bridgehead atoms. The van der Waals surface area contributed by atoms with E-state index in [1.54, 1.807) is 0 Å². The van der Waals surface area contributed by atoms with Gasteiger partial charge in [-0.3, -0.25) is 0 Å². The summed E-state index contributed by atoms with van der Waals surface area (Å²) in [5.41, 5.74) is 5.80. The van der Waals surface area contributed by atoms with Crippen LogP contribution in [0.5, 0.6) is 0 Å². The van der Waals surface area contributed by atoms with Gasteiger partial charge in [-0.15, -0.1) is 9.79 Å². The number of hydrogen-bond acceptors (Lipinski definition) is 4. The van der Waals surface area contributed by atoms with Crippen molar-refractivity contribution < 1.29 is 21.1 Å². The zero-order chi connectivity index (χ0) is 25.3. The maximum atomic E-state index is 5.65. The van der Waals surface area contributed by atoms with Gasteiger partial charge in [0.2, 0.25) is 0 Å². The molecule has 0 aliphatic heterocycles. The molecular weight excluding hydrogens is 676 g/mol. The molecule has 0 saturated heterocycles. The number of nitrogens with zero attached hydrogens (tertiary/aromatic N) is 4. The monoisotopic (exact) mass is 712 g/mol. The quantitative estimate of drug-likeness (QED) is 0.139. The molecule has 2 aromatic carbocycles. The SMILES string of the molecule is CCC(C)c1cc(C(C)(C)c2cc(C(C)CC)n(-c3ccccc3[S-])n2)nn1-c1ccccc1[S-].[CH3-].[Pt]. The van der Waals surface area contributed by atoms with Crippen LogP contribution < -0.4 is 0 Å². The fraction of sp³-hybridized carbons (Fsp3) is 0.367. The molecule has 0 radical (unpaired) electrons. The number of hydrogen-bond donors (Lipinski definition) is 0. The van der Waals surface area contributed by atoms with Gasteiger partial charge in [-0.25, -0.2) is 9.36 Å². The Morgan fingerprint density at radius 2 is 1.08 bits per heavy atom. The Morgan fingerprint density at radius 3 is 1.41 bits per heavy atom. The first-order valence-corrected chi connectivity index (χ1v) is 13.2. The number of rotatable bonds is 8. The van der Waals surface area contributed by atoms with E-state index in [0.717, 1.165) is 45.4 Å². The van der Waals surface area contributed by atoms with E-state index >= 15 is 0 Å². The van der Waals surface area contributed by atoms with Crippen LogP contribution in [-0.4, -0.2) is 19.6 Å². The molecule has 4 rings (SSSR count). The minimum atomic E-state index is -0.409. The van der Waals surface area contributed by atoms with Gasteiger partial charge in [0.05, 0.1) is 16.8 Å². The first kappa shape index (κ1) is 31.2. The predicted molar refractivity (Wildman–Crippen MR) is 154 cm³/mol. The van der Waals surface area contributed by atoms with E-state index in [1.807, 2.05) is 57.9 Å². The van der Waals surface area contributed by atoms with E-state index in [1.165, 1.54) is 11.4 Å². The van der Waals surface area contributed by atoms with Crippen molar-refractivity contribution >= 4 is 25.3 Å². The van der Waals surface area contributed by atoms with Crippen molar-refractivity contribution in [2.75, 3.05) is 0 Å². The molecule has 0 fully saturated rings. The predicted octanol–water partition coefficient (Wildman–Crippen LogP) is 7.67. The molecule has 0 aliphatic carbocycles. The van der Waals surface area contributed by atoms with Crippen molar-refractivity contribution in [1.82, 2.24) is 19.6 Å². The fourth-order valence-corrected chi connectivity index (χ4v) is 4.77. The zero-order valence-electron chi connectivity index (χ0n) is 22.8. The molecule has 2 aromatic heterocycles. The summed E-state index contributed by atoms with van der Waals surface area (Å²) in [6.45, 7) is 13.3. The van der Waals surface area contributed by atoms with Crippen LogP contribution in [0, 0.1) is 7.43 Å². The van der Waals surface area contributed by atoms with Gasteiger partial charge in [0.1, 0.15) is 0 Å². The number of aromatic nitrogens is 4. The van der Waals surface area contributed by atoms with E-state index in [0.29, 0.717) is 11.8 Å². The Balaban J connectivity index is 0.00000241. The van der Waals surface area contributed by atoms with Crippen molar-refractivity contribution in [3.05, 3.63) is 90.9 Å². The molecular formula is C30H37N4PtS2-3. The number of para-hydroxylation sites is 2. The molecule has 4 nitrogen and oxygen atoms in total. The Bertz CT molecular complexity index is 1230. The Hall–Kier alpha value is -2.01. The van der Waals surface area contributed by atoms with E-state index in [9.17, 15) is 0 Å². The third kappa shape index (κ3) is 6.02. The molecule has 202 valence electrons. The molecule has 7 heteroatoms. The van der Waals surface area contributed by atoms with Crippen LogP contribution in [0.25, 0.3) is 11.4 Å². The van der Waals surface area contributed by atoms with Gasteiger partial charge < -0.3 is 32.7 Å². The molecule has 37 heavy (non-hydrogen) atoms. The van der Waals surface area contributed by atoms with Gasteiger partial charge in [-0.05, 0) is 62.8 Å². The van der Waals surface area contributed by atoms with Crippen molar-refractivity contribution in [2.24, 2.45) is 0 Å². The van der Waals surface area contributed by atoms with Crippen LogP contribution in [0.15, 0.2) is 70.5 Å². The van der Waals surface area contributed by atoms with E-state index in [-0.39, 0.29) is 28.5 Å². The average Bonchev–Trinajstić information content (AvgIpc) is 3.50. The molecule has 0 spiro atoms. The van der Waals surface area contributed by atoms with Crippen molar-refractivity contribution in [2.45, 2.75) is 81.4 Å². The molecule has 0 N–H and O–H groups in total. The van der Waals surface area contributed by atoms with Crippen LogP contribution in [0.3, 0.4) is 0 Å².